The second-order valence-corrected chi connectivity index (χ2v) is 8.21. The van der Waals surface area contributed by atoms with E-state index in [1.165, 1.54) is 12.4 Å². The molecular weight excluding hydrogens is 460 g/mol. The fourth-order valence-electron chi connectivity index (χ4n) is 3.99. The van der Waals surface area contributed by atoms with Crippen LogP contribution in [0.5, 0.6) is 11.5 Å². The summed E-state index contributed by atoms with van der Waals surface area (Å²) in [4.78, 5) is 36.8. The van der Waals surface area contributed by atoms with E-state index < -0.39 is 17.0 Å². The van der Waals surface area contributed by atoms with Gasteiger partial charge in [0.1, 0.15) is 5.65 Å². The largest absolute Gasteiger partial charge is 0.545 e. The van der Waals surface area contributed by atoms with Crippen LogP contribution in [0.15, 0.2) is 35.4 Å². The summed E-state index contributed by atoms with van der Waals surface area (Å²) in [5.41, 5.74) is 0.173. The normalized spacial score (nSPS) is 15.0. The standard InChI is InChI=1S/C22H22N6O5S/c1-2-26-11-15(20(30)31)18(29)14-10-23-21(25-19(14)26)27-5-7-28(8-6-27)22(34)24-13-3-4-16-17(9-13)33-12-32-16/h3-4,9-11H,2,5-8,12H2,1H3,(H,24,34)(H,30,31)/p-1. The molecule has 5 rings (SSSR count). The van der Waals surface area contributed by atoms with Crippen LogP contribution in [0, 0.1) is 0 Å². The van der Waals surface area contributed by atoms with Crippen LogP contribution in [0.1, 0.15) is 17.3 Å². The van der Waals surface area contributed by atoms with Crippen molar-refractivity contribution >= 4 is 46.0 Å². The molecule has 34 heavy (non-hydrogen) atoms. The number of nitrogens with one attached hydrogen (secondary N) is 1. The number of aryl methyl sites for hydroxylation is 1. The Morgan fingerprint density at radius 1 is 1.21 bits per heavy atom. The van der Waals surface area contributed by atoms with Gasteiger partial charge in [0, 0.05) is 56.9 Å². The molecule has 4 heterocycles. The number of carboxylic acids is 1. The first-order chi connectivity index (χ1) is 16.4. The molecule has 1 saturated heterocycles. The molecule has 0 atom stereocenters. The monoisotopic (exact) mass is 481 g/mol. The summed E-state index contributed by atoms with van der Waals surface area (Å²) in [6, 6.07) is 5.58. The number of hydrogen-bond donors (Lipinski definition) is 1. The topological polar surface area (TPSA) is 125 Å². The van der Waals surface area contributed by atoms with E-state index in [1.807, 2.05) is 30.0 Å². The van der Waals surface area contributed by atoms with Crippen LogP contribution in [0.2, 0.25) is 0 Å². The molecular formula is C22H21N6O5S-. The molecule has 0 spiro atoms. The number of piperazine rings is 1. The Balaban J connectivity index is 1.29. The van der Waals surface area contributed by atoms with Crippen LogP contribution >= 0.6 is 12.2 Å². The van der Waals surface area contributed by atoms with Crippen LogP contribution < -0.4 is 30.2 Å². The van der Waals surface area contributed by atoms with Crippen LogP contribution in [-0.2, 0) is 6.54 Å². The number of aromatic nitrogens is 3. The van der Waals surface area contributed by atoms with Crippen molar-refractivity contribution in [1.29, 1.82) is 0 Å². The zero-order valence-corrected chi connectivity index (χ0v) is 19.1. The van der Waals surface area contributed by atoms with E-state index in [-0.39, 0.29) is 12.2 Å². The van der Waals surface area contributed by atoms with Gasteiger partial charge in [0.15, 0.2) is 16.6 Å². The fraction of sp³-hybridized carbons (Fsp3) is 0.318. The second kappa shape index (κ2) is 8.78. The average molecular weight is 482 g/mol. The predicted molar refractivity (Wildman–Crippen MR) is 126 cm³/mol. The molecule has 1 fully saturated rings. The summed E-state index contributed by atoms with van der Waals surface area (Å²) < 4.78 is 12.4. The SMILES string of the molecule is CCn1cc(C(=O)[O-])c(=O)c2cnc(N3CCN(C(=S)Nc4ccc5c(c4)OCO5)CC3)nc21. The molecule has 0 amide bonds. The predicted octanol–water partition coefficient (Wildman–Crippen LogP) is 0.423. The Hall–Kier alpha value is -3.93. The lowest BCUT2D eigenvalue weighted by molar-refractivity contribution is -0.255. The molecule has 0 unspecified atom stereocenters. The Bertz CT molecular complexity index is 1350. The fourth-order valence-corrected chi connectivity index (χ4v) is 4.29. The van der Waals surface area contributed by atoms with Gasteiger partial charge in [-0.15, -0.1) is 0 Å². The second-order valence-electron chi connectivity index (χ2n) is 7.82. The zero-order chi connectivity index (χ0) is 23.8. The molecule has 2 aliphatic rings. The first-order valence-electron chi connectivity index (χ1n) is 10.8. The number of pyridine rings is 1. The van der Waals surface area contributed by atoms with Crippen molar-refractivity contribution in [2.24, 2.45) is 0 Å². The Kier molecular flexibility index (Phi) is 5.65. The molecule has 0 saturated carbocycles. The number of fused-ring (bicyclic) bond motifs is 2. The zero-order valence-electron chi connectivity index (χ0n) is 18.3. The van der Waals surface area contributed by atoms with E-state index in [0.29, 0.717) is 60.9 Å². The Labute approximate surface area is 199 Å². The van der Waals surface area contributed by atoms with Gasteiger partial charge in [0.05, 0.1) is 16.9 Å². The molecule has 176 valence electrons. The van der Waals surface area contributed by atoms with Gasteiger partial charge in [-0.05, 0) is 31.3 Å². The van der Waals surface area contributed by atoms with Gasteiger partial charge in [0.25, 0.3) is 0 Å². The van der Waals surface area contributed by atoms with Crippen molar-refractivity contribution in [3.63, 3.8) is 0 Å². The molecule has 0 aliphatic carbocycles. The summed E-state index contributed by atoms with van der Waals surface area (Å²) >= 11 is 5.58. The Morgan fingerprint density at radius 3 is 2.71 bits per heavy atom. The number of hydrogen-bond acceptors (Lipinski definition) is 9. The average Bonchev–Trinajstić information content (AvgIpc) is 3.32. The third kappa shape index (κ3) is 3.96. The number of benzene rings is 1. The lowest BCUT2D eigenvalue weighted by atomic mass is 10.2. The third-order valence-corrected chi connectivity index (χ3v) is 6.20. The Morgan fingerprint density at radius 2 is 1.97 bits per heavy atom. The van der Waals surface area contributed by atoms with E-state index in [4.69, 9.17) is 21.7 Å². The van der Waals surface area contributed by atoms with Crippen LogP contribution in [-0.4, -0.2) is 63.5 Å². The number of aromatic carboxylic acids is 1. The number of carbonyl (C=O) groups excluding carboxylic acids is 1. The first-order valence-corrected chi connectivity index (χ1v) is 11.2. The smallest absolute Gasteiger partial charge is 0.231 e. The molecule has 2 aromatic heterocycles. The van der Waals surface area contributed by atoms with E-state index in [0.717, 1.165) is 5.69 Å². The van der Waals surface area contributed by atoms with Gasteiger partial charge in [0.2, 0.25) is 18.2 Å². The molecule has 3 aromatic rings. The van der Waals surface area contributed by atoms with Crippen molar-refractivity contribution in [1.82, 2.24) is 19.4 Å². The van der Waals surface area contributed by atoms with Gasteiger partial charge in [-0.1, -0.05) is 0 Å². The highest BCUT2D eigenvalue weighted by Crippen LogP contribution is 2.34. The minimum atomic E-state index is -1.51. The highest BCUT2D eigenvalue weighted by Gasteiger charge is 2.23. The summed E-state index contributed by atoms with van der Waals surface area (Å²) in [5.74, 6) is 0.359. The number of carboxylic acid groups (broad SMARTS) is 1. The first kappa shape index (κ1) is 21.9. The molecule has 11 nitrogen and oxygen atoms in total. The summed E-state index contributed by atoms with van der Waals surface area (Å²) in [6.07, 6.45) is 2.66. The minimum absolute atomic E-state index is 0.153. The van der Waals surface area contributed by atoms with Crippen molar-refractivity contribution in [3.8, 4) is 11.5 Å². The van der Waals surface area contributed by atoms with E-state index in [1.54, 1.807) is 4.57 Å². The quantitative estimate of drug-likeness (QED) is 0.521. The molecule has 2 aliphatic heterocycles. The van der Waals surface area contributed by atoms with Crippen molar-refractivity contribution < 1.29 is 19.4 Å². The highest BCUT2D eigenvalue weighted by atomic mass is 32.1. The highest BCUT2D eigenvalue weighted by molar-refractivity contribution is 7.80. The van der Waals surface area contributed by atoms with Gasteiger partial charge in [-0.25, -0.2) is 4.98 Å². The lowest BCUT2D eigenvalue weighted by Crippen LogP contribution is -2.50. The summed E-state index contributed by atoms with van der Waals surface area (Å²) in [5, 5.41) is 15.3. The minimum Gasteiger partial charge on any atom is -0.545 e. The van der Waals surface area contributed by atoms with Gasteiger partial charge in [-0.2, -0.15) is 4.98 Å². The van der Waals surface area contributed by atoms with E-state index in [2.05, 4.69) is 20.2 Å². The molecule has 12 heteroatoms. The van der Waals surface area contributed by atoms with Gasteiger partial charge >= 0.3 is 0 Å². The van der Waals surface area contributed by atoms with Gasteiger partial charge < -0.3 is 39.1 Å². The van der Waals surface area contributed by atoms with Crippen molar-refractivity contribution in [3.05, 3.63) is 46.4 Å². The van der Waals surface area contributed by atoms with Crippen LogP contribution in [0.4, 0.5) is 11.6 Å². The third-order valence-electron chi connectivity index (χ3n) is 5.84. The van der Waals surface area contributed by atoms with Crippen LogP contribution in [0.25, 0.3) is 11.0 Å². The molecule has 0 bridgehead atoms. The van der Waals surface area contributed by atoms with Crippen molar-refractivity contribution in [2.75, 3.05) is 43.2 Å². The molecule has 0 radical (unpaired) electrons. The number of thiocarbonyl (C=S) groups is 1. The molecule has 1 aromatic carbocycles. The molecule has 1 N–H and O–H groups in total. The van der Waals surface area contributed by atoms with Crippen molar-refractivity contribution in [2.45, 2.75) is 13.5 Å². The number of rotatable bonds is 4. The summed E-state index contributed by atoms with van der Waals surface area (Å²) in [6.45, 7) is 5.07. The number of anilines is 2. The van der Waals surface area contributed by atoms with Crippen LogP contribution in [0.3, 0.4) is 0 Å². The lowest BCUT2D eigenvalue weighted by Gasteiger charge is -2.36. The maximum atomic E-state index is 12.5. The van der Waals surface area contributed by atoms with Gasteiger partial charge in [-0.3, -0.25) is 4.79 Å². The maximum absolute atomic E-state index is 12.5. The number of ether oxygens (including phenoxy) is 2. The summed E-state index contributed by atoms with van der Waals surface area (Å²) in [7, 11) is 0. The van der Waals surface area contributed by atoms with E-state index in [9.17, 15) is 14.7 Å². The number of nitrogens with zero attached hydrogens (tertiary/aromatic N) is 5. The maximum Gasteiger partial charge on any atom is 0.231 e. The number of carbonyl (C=O) groups is 1. The van der Waals surface area contributed by atoms with E-state index >= 15 is 0 Å².